The van der Waals surface area contributed by atoms with Crippen LogP contribution in [0.25, 0.3) is 43.9 Å². The van der Waals surface area contributed by atoms with Gasteiger partial charge in [-0.15, -0.1) is 11.3 Å². The van der Waals surface area contributed by atoms with E-state index in [-0.39, 0.29) is 36.5 Å². The largest absolute Gasteiger partial charge is 0.490 e. The smallest absolute Gasteiger partial charge is 0.246 e. The number of hydrogen-bond acceptors (Lipinski definition) is 7. The molecule has 5 aromatic rings. The van der Waals surface area contributed by atoms with Gasteiger partial charge in [0.2, 0.25) is 5.91 Å². The quantitative estimate of drug-likeness (QED) is 0.113. The molecule has 11 heteroatoms. The zero-order chi connectivity index (χ0) is 33.2. The topological polar surface area (TPSA) is 72.7 Å². The first kappa shape index (κ1) is 32.5. The summed E-state index contributed by atoms with van der Waals surface area (Å²) in [5.74, 6) is -1.63. The minimum atomic E-state index is -0.770. The lowest BCUT2D eigenvalue weighted by Gasteiger charge is -2.33. The standard InChI is InChI=1S/C36H37F2N5O3S/c1-6-31(44)42-14-15-43-29(22(42)2)21-28(40-43)35-33(32-27(38)19-25(37)20-30(32)46-17-16-45-5)36-26(12-18-47-36)34(39-35)24-9-7-23(8-10-24)11-13-41(3)4/h6-10,12,18-22H,1,11,13-17H2,2-5H3. The fraction of sp³-hybridized carbons (Fsp3) is 0.306. The van der Waals surface area contributed by atoms with Gasteiger partial charge in [0.25, 0.3) is 0 Å². The number of benzene rings is 2. The first-order chi connectivity index (χ1) is 22.7. The summed E-state index contributed by atoms with van der Waals surface area (Å²) in [4.78, 5) is 21.7. The second-order valence-electron chi connectivity index (χ2n) is 11.8. The number of likely N-dealkylation sites (N-methyl/N-ethyl adjacent to an activating group) is 1. The molecule has 0 saturated carbocycles. The number of hydrogen-bond donors (Lipinski definition) is 0. The van der Waals surface area contributed by atoms with Crippen molar-refractivity contribution in [3.8, 4) is 39.5 Å². The molecule has 1 aliphatic rings. The van der Waals surface area contributed by atoms with Gasteiger partial charge in [0, 0.05) is 53.5 Å². The Morgan fingerprint density at radius 2 is 1.87 bits per heavy atom. The summed E-state index contributed by atoms with van der Waals surface area (Å²) in [6.45, 7) is 7.82. The van der Waals surface area contributed by atoms with Gasteiger partial charge in [-0.1, -0.05) is 30.8 Å². The number of amides is 1. The van der Waals surface area contributed by atoms with Crippen LogP contribution in [0.5, 0.6) is 5.75 Å². The van der Waals surface area contributed by atoms with E-state index in [4.69, 9.17) is 19.6 Å². The van der Waals surface area contributed by atoms with Crippen LogP contribution in [0.3, 0.4) is 0 Å². The molecule has 0 fully saturated rings. The summed E-state index contributed by atoms with van der Waals surface area (Å²) in [5, 5.41) is 7.72. The number of rotatable bonds is 11. The van der Waals surface area contributed by atoms with Crippen molar-refractivity contribution in [1.29, 1.82) is 0 Å². The molecule has 2 aromatic carbocycles. The average molecular weight is 658 g/mol. The van der Waals surface area contributed by atoms with Crippen LogP contribution >= 0.6 is 11.3 Å². The highest BCUT2D eigenvalue weighted by Gasteiger charge is 2.31. The van der Waals surface area contributed by atoms with E-state index in [0.29, 0.717) is 30.0 Å². The number of thiophene rings is 1. The van der Waals surface area contributed by atoms with Crippen LogP contribution < -0.4 is 4.74 Å². The molecule has 1 amide bonds. The predicted molar refractivity (Wildman–Crippen MR) is 182 cm³/mol. The van der Waals surface area contributed by atoms with Crippen LogP contribution in [0.2, 0.25) is 0 Å². The summed E-state index contributed by atoms with van der Waals surface area (Å²) in [5.41, 5.74) is 5.19. The lowest BCUT2D eigenvalue weighted by Crippen LogP contribution is -2.40. The monoisotopic (exact) mass is 657 g/mol. The molecule has 0 aliphatic carbocycles. The minimum absolute atomic E-state index is 0.0513. The van der Waals surface area contributed by atoms with Gasteiger partial charge in [0.05, 0.1) is 36.1 Å². The molecule has 1 atom stereocenters. The molecule has 0 spiro atoms. The molecule has 6 rings (SSSR count). The average Bonchev–Trinajstić information content (AvgIpc) is 3.72. The van der Waals surface area contributed by atoms with Gasteiger partial charge in [-0.2, -0.15) is 5.10 Å². The van der Waals surface area contributed by atoms with E-state index in [9.17, 15) is 9.18 Å². The second-order valence-corrected chi connectivity index (χ2v) is 12.7. The fourth-order valence-electron chi connectivity index (χ4n) is 6.02. The Bertz CT molecular complexity index is 1940. The molecule has 0 radical (unpaired) electrons. The van der Waals surface area contributed by atoms with Crippen LogP contribution in [0, 0.1) is 11.6 Å². The van der Waals surface area contributed by atoms with Crippen molar-refractivity contribution in [1.82, 2.24) is 24.6 Å². The number of carbonyl (C=O) groups is 1. The fourth-order valence-corrected chi connectivity index (χ4v) is 6.97. The Kier molecular flexibility index (Phi) is 9.49. The molecular formula is C36H37F2N5O3S. The Hall–Kier alpha value is -4.45. The van der Waals surface area contributed by atoms with Crippen LogP contribution in [0.4, 0.5) is 8.78 Å². The number of ether oxygens (including phenoxy) is 2. The molecule has 0 N–H and O–H groups in total. The predicted octanol–water partition coefficient (Wildman–Crippen LogP) is 6.99. The maximum absolute atomic E-state index is 16.0. The number of aromatic nitrogens is 3. The van der Waals surface area contributed by atoms with Crippen LogP contribution in [0.15, 0.2) is 66.6 Å². The third-order valence-electron chi connectivity index (χ3n) is 8.46. The Morgan fingerprint density at radius 3 is 2.60 bits per heavy atom. The summed E-state index contributed by atoms with van der Waals surface area (Å²) >= 11 is 1.45. The number of fused-ring (bicyclic) bond motifs is 2. The van der Waals surface area contributed by atoms with E-state index in [1.165, 1.54) is 36.2 Å². The Morgan fingerprint density at radius 1 is 1.09 bits per heavy atom. The molecule has 4 heterocycles. The van der Waals surface area contributed by atoms with E-state index >= 15 is 4.39 Å². The van der Waals surface area contributed by atoms with Gasteiger partial charge >= 0.3 is 0 Å². The summed E-state index contributed by atoms with van der Waals surface area (Å²) in [6, 6.07) is 14.0. The molecular weight excluding hydrogens is 620 g/mol. The van der Waals surface area contributed by atoms with Crippen molar-refractivity contribution < 1.29 is 23.0 Å². The molecule has 1 unspecified atom stereocenters. The van der Waals surface area contributed by atoms with E-state index in [1.54, 1.807) is 4.90 Å². The maximum atomic E-state index is 16.0. The second kappa shape index (κ2) is 13.7. The van der Waals surface area contributed by atoms with Crippen molar-refractivity contribution in [3.63, 3.8) is 0 Å². The molecule has 3 aromatic heterocycles. The Balaban J connectivity index is 1.58. The number of halogens is 2. The lowest BCUT2D eigenvalue weighted by molar-refractivity contribution is -0.129. The molecule has 8 nitrogen and oxygen atoms in total. The Labute approximate surface area is 276 Å². The van der Waals surface area contributed by atoms with Gasteiger partial charge < -0.3 is 19.3 Å². The summed E-state index contributed by atoms with van der Waals surface area (Å²) in [6.07, 6.45) is 2.23. The van der Waals surface area contributed by atoms with Crippen molar-refractivity contribution in [2.75, 3.05) is 47.5 Å². The first-order valence-corrected chi connectivity index (χ1v) is 16.4. The van der Waals surface area contributed by atoms with Gasteiger partial charge in [-0.3, -0.25) is 9.48 Å². The highest BCUT2D eigenvalue weighted by atomic mass is 32.1. The number of nitrogens with zero attached hydrogens (tertiary/aromatic N) is 5. The van der Waals surface area contributed by atoms with Crippen LogP contribution in [-0.4, -0.2) is 78.0 Å². The van der Waals surface area contributed by atoms with E-state index in [0.717, 1.165) is 46.1 Å². The molecule has 0 saturated heterocycles. The normalized spacial score (nSPS) is 14.5. The number of carbonyl (C=O) groups excluding carboxylic acids is 1. The van der Waals surface area contributed by atoms with Gasteiger partial charge in [0.1, 0.15) is 35.4 Å². The van der Waals surface area contributed by atoms with Crippen molar-refractivity contribution in [3.05, 3.63) is 89.5 Å². The van der Waals surface area contributed by atoms with Crippen molar-refractivity contribution in [2.45, 2.75) is 25.9 Å². The van der Waals surface area contributed by atoms with E-state index in [2.05, 4.69) is 49.8 Å². The molecule has 47 heavy (non-hydrogen) atoms. The van der Waals surface area contributed by atoms with Gasteiger partial charge in [-0.25, -0.2) is 13.8 Å². The molecule has 244 valence electrons. The van der Waals surface area contributed by atoms with Crippen molar-refractivity contribution >= 4 is 27.3 Å². The van der Waals surface area contributed by atoms with Crippen LogP contribution in [0.1, 0.15) is 24.2 Å². The summed E-state index contributed by atoms with van der Waals surface area (Å²) in [7, 11) is 5.64. The van der Waals surface area contributed by atoms with Gasteiger partial charge in [0.15, 0.2) is 0 Å². The first-order valence-electron chi connectivity index (χ1n) is 15.5. The molecule has 0 bridgehead atoms. The van der Waals surface area contributed by atoms with E-state index in [1.807, 2.05) is 29.1 Å². The lowest BCUT2D eigenvalue weighted by atomic mass is 9.96. The summed E-state index contributed by atoms with van der Waals surface area (Å²) < 4.78 is 44.4. The molecule has 1 aliphatic heterocycles. The number of pyridine rings is 1. The van der Waals surface area contributed by atoms with Gasteiger partial charge in [-0.05, 0) is 56.6 Å². The van der Waals surface area contributed by atoms with Crippen molar-refractivity contribution in [2.24, 2.45) is 0 Å². The van der Waals surface area contributed by atoms with Crippen LogP contribution in [-0.2, 0) is 22.5 Å². The third-order valence-corrected chi connectivity index (χ3v) is 9.39. The van der Waals surface area contributed by atoms with E-state index < -0.39 is 11.6 Å². The zero-order valence-electron chi connectivity index (χ0n) is 26.9. The highest BCUT2D eigenvalue weighted by molar-refractivity contribution is 7.18. The zero-order valence-corrected chi connectivity index (χ0v) is 27.7. The highest BCUT2D eigenvalue weighted by Crippen LogP contribution is 2.47. The minimum Gasteiger partial charge on any atom is -0.490 e. The third kappa shape index (κ3) is 6.43. The number of methoxy groups -OCH3 is 1. The maximum Gasteiger partial charge on any atom is 0.246 e. The SMILES string of the molecule is C=CC(=O)N1CCn2nc(-c3nc(-c4ccc(CCN(C)C)cc4)c4ccsc4c3-c3c(F)cc(F)cc3OCCOC)cc2C1C.